The molecule has 0 spiro atoms. The first kappa shape index (κ1) is 24.6. The van der Waals surface area contributed by atoms with Crippen LogP contribution in [0.5, 0.6) is 11.5 Å². The fourth-order valence-electron chi connectivity index (χ4n) is 4.02. The normalized spacial score (nSPS) is 16.2. The zero-order chi connectivity index (χ0) is 26.2. The molecule has 0 radical (unpaired) electrons. The molecule has 1 saturated heterocycles. The Morgan fingerprint density at radius 1 is 1.24 bits per heavy atom. The van der Waals surface area contributed by atoms with Gasteiger partial charge in [0.2, 0.25) is 5.95 Å². The topological polar surface area (TPSA) is 122 Å². The van der Waals surface area contributed by atoms with E-state index in [-0.39, 0.29) is 24.8 Å². The monoisotopic (exact) mass is 517 g/mol. The second kappa shape index (κ2) is 9.75. The Morgan fingerprint density at radius 2 is 2.05 bits per heavy atom. The summed E-state index contributed by atoms with van der Waals surface area (Å²) in [5, 5.41) is 2.79. The Balaban J connectivity index is 1.47. The predicted molar refractivity (Wildman–Crippen MR) is 130 cm³/mol. The fraction of sp³-hybridized carbons (Fsp3) is 0.292. The molecule has 0 amide bonds. The van der Waals surface area contributed by atoms with E-state index in [1.54, 1.807) is 41.9 Å². The van der Waals surface area contributed by atoms with E-state index in [0.717, 1.165) is 16.8 Å². The number of ether oxygens (including phenoxy) is 3. The molecule has 4 aromatic rings. The Labute approximate surface area is 208 Å². The van der Waals surface area contributed by atoms with Crippen molar-refractivity contribution in [1.29, 1.82) is 0 Å². The minimum absolute atomic E-state index is 0.0276. The third-order valence-electron chi connectivity index (χ3n) is 5.84. The largest absolute Gasteiger partial charge is 0.457 e. The molecule has 37 heavy (non-hydrogen) atoms. The van der Waals surface area contributed by atoms with Crippen LogP contribution in [-0.2, 0) is 24.5 Å². The minimum atomic E-state index is -4.65. The van der Waals surface area contributed by atoms with Crippen molar-refractivity contribution in [3.05, 3.63) is 64.7 Å². The Hall–Kier alpha value is -4.10. The van der Waals surface area contributed by atoms with Gasteiger partial charge >= 0.3 is 6.18 Å². The van der Waals surface area contributed by atoms with Gasteiger partial charge in [0.15, 0.2) is 12.7 Å². The van der Waals surface area contributed by atoms with E-state index < -0.39 is 23.4 Å². The lowest BCUT2D eigenvalue weighted by Gasteiger charge is -2.21. The van der Waals surface area contributed by atoms with Gasteiger partial charge in [-0.05, 0) is 24.3 Å². The smallest absolute Gasteiger partial charge is 0.417 e. The lowest BCUT2D eigenvalue weighted by Crippen LogP contribution is -2.38. The standard InChI is InChI=1S/C24H23F3N6O4/c1-32-20-9-15(37-16-4-5-29-21(28)10-16)2-3-18(20)30-23(32)31-19-8-14(24(25,26)27)11-33(22(19)34)12-17-13-35-6-7-36-17/h2-5,8-11,17H,6-7,12-13H2,1H3,(H2,28,29)(H,30,31)/p+1. The van der Waals surface area contributed by atoms with Gasteiger partial charge in [0, 0.05) is 31.6 Å². The molecule has 10 nitrogen and oxygen atoms in total. The van der Waals surface area contributed by atoms with E-state index in [9.17, 15) is 18.0 Å². The zero-order valence-electron chi connectivity index (χ0n) is 19.7. The van der Waals surface area contributed by atoms with E-state index in [4.69, 9.17) is 15.2 Å². The predicted octanol–water partition coefficient (Wildman–Crippen LogP) is 3.19. The average molecular weight is 517 g/mol. The Morgan fingerprint density at radius 3 is 2.78 bits per heavy atom. The average Bonchev–Trinajstić information content (AvgIpc) is 3.16. The van der Waals surface area contributed by atoms with Crippen LogP contribution in [0.2, 0.25) is 0 Å². The van der Waals surface area contributed by atoms with Crippen LogP contribution in [-0.4, -0.2) is 49.8 Å². The van der Waals surface area contributed by atoms with Crippen molar-refractivity contribution in [2.24, 2.45) is 7.05 Å². The van der Waals surface area contributed by atoms with Crippen molar-refractivity contribution in [3.8, 4) is 11.5 Å². The summed E-state index contributed by atoms with van der Waals surface area (Å²) in [4.78, 5) is 21.5. The number of halogens is 3. The number of nitrogen functional groups attached to an aromatic ring is 1. The van der Waals surface area contributed by atoms with E-state index in [0.29, 0.717) is 41.6 Å². The number of fused-ring (bicyclic) bond motifs is 1. The number of aryl methyl sites for hydroxylation is 1. The number of pyridine rings is 2. The second-order valence-corrected chi connectivity index (χ2v) is 8.52. The highest BCUT2D eigenvalue weighted by Gasteiger charge is 2.33. The summed E-state index contributed by atoms with van der Waals surface area (Å²) in [6.07, 6.45) is -2.73. The summed E-state index contributed by atoms with van der Waals surface area (Å²) in [5.74, 6) is 1.48. The van der Waals surface area contributed by atoms with Crippen molar-refractivity contribution in [2.45, 2.75) is 18.8 Å². The van der Waals surface area contributed by atoms with Gasteiger partial charge in [0.05, 0.1) is 23.1 Å². The maximum atomic E-state index is 13.7. The molecule has 1 fully saturated rings. The molecule has 13 heteroatoms. The van der Waals surface area contributed by atoms with Crippen LogP contribution in [0.25, 0.3) is 11.0 Å². The molecular formula is C24H24F3N6O4+. The van der Waals surface area contributed by atoms with Crippen LogP contribution < -0.4 is 21.3 Å². The lowest BCUT2D eigenvalue weighted by atomic mass is 10.2. The molecule has 0 bridgehead atoms. The number of benzene rings is 1. The van der Waals surface area contributed by atoms with E-state index in [1.807, 2.05) is 0 Å². The van der Waals surface area contributed by atoms with Gasteiger partial charge < -0.3 is 34.4 Å². The van der Waals surface area contributed by atoms with Gasteiger partial charge in [-0.15, -0.1) is 0 Å². The van der Waals surface area contributed by atoms with E-state index >= 15 is 0 Å². The number of aliphatic hydroxyl groups is 2. The molecule has 1 aromatic carbocycles. The number of imidazole rings is 1. The third kappa shape index (κ3) is 5.37. The van der Waals surface area contributed by atoms with Crippen molar-refractivity contribution < 1.29 is 27.4 Å². The first-order valence-corrected chi connectivity index (χ1v) is 11.4. The highest BCUT2D eigenvalue weighted by molar-refractivity contribution is 5.81. The highest BCUT2D eigenvalue weighted by Crippen LogP contribution is 2.31. The second-order valence-electron chi connectivity index (χ2n) is 8.52. The molecule has 1 aliphatic rings. The van der Waals surface area contributed by atoms with Gasteiger partial charge in [-0.1, -0.05) is 0 Å². The molecule has 1 aliphatic heterocycles. The first-order chi connectivity index (χ1) is 17.7. The molecule has 4 heterocycles. The minimum Gasteiger partial charge on any atom is -0.457 e. The van der Waals surface area contributed by atoms with Crippen LogP contribution in [0.3, 0.4) is 0 Å². The number of rotatable bonds is 6. The van der Waals surface area contributed by atoms with Gasteiger partial charge in [0.1, 0.15) is 36.2 Å². The SMILES string of the molecule is Cn1c(Nc2cc(C(F)(F)F)cn(CC3COCC[OH+]3)c2=O)nc2ccc(Oc3ccnc(N)c3)cc21. The number of aromatic nitrogens is 4. The van der Waals surface area contributed by atoms with Crippen LogP contribution in [0.1, 0.15) is 5.56 Å². The van der Waals surface area contributed by atoms with Gasteiger partial charge in [-0.3, -0.25) is 4.79 Å². The van der Waals surface area contributed by atoms with Gasteiger partial charge in [-0.25, -0.2) is 9.97 Å². The summed E-state index contributed by atoms with van der Waals surface area (Å²) in [5.41, 5.74) is 5.04. The van der Waals surface area contributed by atoms with Crippen LogP contribution in [0.15, 0.2) is 53.6 Å². The van der Waals surface area contributed by atoms with E-state index in [1.165, 1.54) is 6.20 Å². The maximum Gasteiger partial charge on any atom is 0.417 e. The first-order valence-electron chi connectivity index (χ1n) is 11.4. The summed E-state index contributed by atoms with van der Waals surface area (Å²) in [7, 11) is 1.68. The lowest BCUT2D eigenvalue weighted by molar-refractivity contribution is -0.195. The third-order valence-corrected chi connectivity index (χ3v) is 5.84. The van der Waals surface area contributed by atoms with Crippen molar-refractivity contribution in [1.82, 2.24) is 19.1 Å². The molecular weight excluding hydrogens is 493 g/mol. The van der Waals surface area contributed by atoms with Gasteiger partial charge in [-0.2, -0.15) is 13.2 Å². The number of hydrogen-bond acceptors (Lipinski definition) is 7. The number of hydrogen-bond donors (Lipinski definition) is 2. The molecule has 5 rings (SSSR count). The quantitative estimate of drug-likeness (QED) is 0.377. The molecule has 194 valence electrons. The number of nitrogens with zero attached hydrogens (tertiary/aromatic N) is 4. The van der Waals surface area contributed by atoms with Crippen molar-refractivity contribution in [2.75, 3.05) is 30.9 Å². The summed E-state index contributed by atoms with van der Waals surface area (Å²) >= 11 is 0. The van der Waals surface area contributed by atoms with Crippen LogP contribution in [0, 0.1) is 0 Å². The molecule has 0 aliphatic carbocycles. The molecule has 1 unspecified atom stereocenters. The zero-order valence-corrected chi connectivity index (χ0v) is 19.7. The van der Waals surface area contributed by atoms with E-state index in [2.05, 4.69) is 20.0 Å². The van der Waals surface area contributed by atoms with Crippen LogP contribution in [0.4, 0.5) is 30.6 Å². The Kier molecular flexibility index (Phi) is 6.48. The molecule has 3 aromatic heterocycles. The number of nitrogens with two attached hydrogens (primary N) is 1. The summed E-state index contributed by atoms with van der Waals surface area (Å²) < 4.78 is 59.1. The van der Waals surface area contributed by atoms with Crippen LogP contribution >= 0.6 is 0 Å². The number of nitrogens with one attached hydrogen (secondary N) is 1. The fourth-order valence-corrected chi connectivity index (χ4v) is 4.02. The Bertz CT molecular complexity index is 1490. The summed E-state index contributed by atoms with van der Waals surface area (Å²) in [6.45, 7) is 1.10. The molecule has 0 saturated carbocycles. The van der Waals surface area contributed by atoms with Crippen molar-refractivity contribution >= 4 is 28.5 Å². The number of alkyl halides is 3. The maximum absolute atomic E-state index is 13.7. The number of anilines is 3. The summed E-state index contributed by atoms with van der Waals surface area (Å²) in [6, 6.07) is 9.14. The van der Waals surface area contributed by atoms with Crippen molar-refractivity contribution in [3.63, 3.8) is 0 Å². The highest BCUT2D eigenvalue weighted by atomic mass is 19.4. The van der Waals surface area contributed by atoms with Gasteiger partial charge in [0.25, 0.3) is 5.56 Å². The molecule has 4 N–H and O–H groups in total. The molecule has 1 atom stereocenters.